The fourth-order valence-corrected chi connectivity index (χ4v) is 4.32. The molecule has 0 unspecified atom stereocenters. The Balaban J connectivity index is 1.44. The summed E-state index contributed by atoms with van der Waals surface area (Å²) in [6.07, 6.45) is 2.67. The van der Waals surface area contributed by atoms with Gasteiger partial charge in [-0.2, -0.15) is 5.10 Å². The van der Waals surface area contributed by atoms with E-state index >= 15 is 0 Å². The Hall–Kier alpha value is -3.45. The summed E-state index contributed by atoms with van der Waals surface area (Å²) in [5.41, 5.74) is 2.33. The standard InChI is InChI=1S/C24H23ClN6O/c1-17-27-22(21-16-26-31(23(21)28-17)20-10-5-9-19(25)15-20)29-11-6-12-30(14-13-29)24(32)18-7-3-2-4-8-18/h2-5,7-10,15-16H,6,11-14H2,1H3. The summed E-state index contributed by atoms with van der Waals surface area (Å²) < 4.78 is 1.79. The van der Waals surface area contributed by atoms with Crippen LogP contribution in [0.2, 0.25) is 5.02 Å². The average Bonchev–Trinajstić information content (AvgIpc) is 3.07. The molecule has 1 amide bonds. The van der Waals surface area contributed by atoms with E-state index in [2.05, 4.69) is 15.0 Å². The van der Waals surface area contributed by atoms with Crippen LogP contribution < -0.4 is 4.90 Å². The van der Waals surface area contributed by atoms with E-state index in [1.807, 2.05) is 72.6 Å². The van der Waals surface area contributed by atoms with E-state index in [9.17, 15) is 4.79 Å². The number of aromatic nitrogens is 4. The predicted octanol–water partition coefficient (Wildman–Crippen LogP) is 4.13. The number of rotatable bonds is 3. The molecule has 0 bridgehead atoms. The molecule has 0 N–H and O–H groups in total. The minimum Gasteiger partial charge on any atom is -0.354 e. The fraction of sp³-hybridized carbons (Fsp3) is 0.250. The second kappa shape index (κ2) is 8.59. The lowest BCUT2D eigenvalue weighted by Gasteiger charge is -2.23. The largest absolute Gasteiger partial charge is 0.354 e. The third kappa shape index (κ3) is 3.91. The van der Waals surface area contributed by atoms with Gasteiger partial charge in [0.15, 0.2) is 5.65 Å². The van der Waals surface area contributed by atoms with Gasteiger partial charge in [-0.3, -0.25) is 4.79 Å². The van der Waals surface area contributed by atoms with E-state index in [1.165, 1.54) is 0 Å². The molecule has 0 spiro atoms. The number of carbonyl (C=O) groups is 1. The topological polar surface area (TPSA) is 67.2 Å². The van der Waals surface area contributed by atoms with Crippen molar-refractivity contribution >= 4 is 34.4 Å². The van der Waals surface area contributed by atoms with E-state index in [4.69, 9.17) is 16.6 Å². The fourth-order valence-electron chi connectivity index (χ4n) is 4.13. The van der Waals surface area contributed by atoms with Gasteiger partial charge in [0.25, 0.3) is 5.91 Å². The highest BCUT2D eigenvalue weighted by atomic mass is 35.5. The Bertz CT molecular complexity index is 1270. The number of anilines is 1. The quantitative estimate of drug-likeness (QED) is 0.473. The van der Waals surface area contributed by atoms with Crippen LogP contribution in [-0.4, -0.2) is 56.7 Å². The molecule has 4 aromatic rings. The van der Waals surface area contributed by atoms with Crippen molar-refractivity contribution < 1.29 is 4.79 Å². The van der Waals surface area contributed by atoms with Crippen LogP contribution in [0.1, 0.15) is 22.6 Å². The minimum atomic E-state index is 0.0743. The number of halogens is 1. The number of carbonyl (C=O) groups excluding carboxylic acids is 1. The molecule has 7 nitrogen and oxygen atoms in total. The molecule has 2 aromatic heterocycles. The van der Waals surface area contributed by atoms with Crippen LogP contribution in [0, 0.1) is 6.92 Å². The summed E-state index contributed by atoms with van der Waals surface area (Å²) in [5.74, 6) is 1.61. The Labute approximate surface area is 191 Å². The number of hydrogen-bond acceptors (Lipinski definition) is 5. The molecule has 0 atom stereocenters. The highest BCUT2D eigenvalue weighted by Crippen LogP contribution is 2.27. The van der Waals surface area contributed by atoms with E-state index in [0.717, 1.165) is 47.6 Å². The lowest BCUT2D eigenvalue weighted by Crippen LogP contribution is -2.35. The Morgan fingerprint density at radius 1 is 0.969 bits per heavy atom. The molecule has 162 valence electrons. The Morgan fingerprint density at radius 2 is 1.81 bits per heavy atom. The van der Waals surface area contributed by atoms with Gasteiger partial charge in [0.05, 0.1) is 17.3 Å². The van der Waals surface area contributed by atoms with Crippen molar-refractivity contribution in [1.29, 1.82) is 0 Å². The van der Waals surface area contributed by atoms with Gasteiger partial charge in [0, 0.05) is 36.8 Å². The molecule has 8 heteroatoms. The maximum atomic E-state index is 12.9. The summed E-state index contributed by atoms with van der Waals surface area (Å²) in [7, 11) is 0. The van der Waals surface area contributed by atoms with Gasteiger partial charge in [-0.1, -0.05) is 35.9 Å². The van der Waals surface area contributed by atoms with E-state index in [0.29, 0.717) is 23.9 Å². The smallest absolute Gasteiger partial charge is 0.253 e. The van der Waals surface area contributed by atoms with Crippen LogP contribution >= 0.6 is 11.6 Å². The zero-order valence-corrected chi connectivity index (χ0v) is 18.5. The maximum absolute atomic E-state index is 12.9. The van der Waals surface area contributed by atoms with Crippen molar-refractivity contribution in [3.05, 3.63) is 77.2 Å². The zero-order chi connectivity index (χ0) is 22.1. The zero-order valence-electron chi connectivity index (χ0n) is 17.8. The summed E-state index contributed by atoms with van der Waals surface area (Å²) >= 11 is 6.18. The maximum Gasteiger partial charge on any atom is 0.253 e. The summed E-state index contributed by atoms with van der Waals surface area (Å²) in [5, 5.41) is 6.11. The lowest BCUT2D eigenvalue weighted by molar-refractivity contribution is 0.0767. The molecule has 0 saturated carbocycles. The first-order valence-electron chi connectivity index (χ1n) is 10.7. The second-order valence-corrected chi connectivity index (χ2v) is 8.30. The van der Waals surface area contributed by atoms with Crippen molar-refractivity contribution in [2.45, 2.75) is 13.3 Å². The Morgan fingerprint density at radius 3 is 2.62 bits per heavy atom. The molecule has 0 aliphatic carbocycles. The van der Waals surface area contributed by atoms with Crippen molar-refractivity contribution in [2.24, 2.45) is 0 Å². The van der Waals surface area contributed by atoms with E-state index < -0.39 is 0 Å². The SMILES string of the molecule is Cc1nc(N2CCCN(C(=O)c3ccccc3)CC2)c2cnn(-c3cccc(Cl)c3)c2n1. The van der Waals surface area contributed by atoms with Gasteiger partial charge in [-0.05, 0) is 43.7 Å². The van der Waals surface area contributed by atoms with Crippen LogP contribution in [0.3, 0.4) is 0 Å². The number of amides is 1. The van der Waals surface area contributed by atoms with E-state index in [-0.39, 0.29) is 5.91 Å². The number of nitrogens with zero attached hydrogens (tertiary/aromatic N) is 6. The minimum absolute atomic E-state index is 0.0743. The molecule has 2 aromatic carbocycles. The molecule has 0 radical (unpaired) electrons. The molecule has 1 fully saturated rings. The average molecular weight is 447 g/mol. The first-order chi connectivity index (χ1) is 15.6. The van der Waals surface area contributed by atoms with E-state index in [1.54, 1.807) is 4.68 Å². The summed E-state index contributed by atoms with van der Waals surface area (Å²) in [4.78, 5) is 26.5. The van der Waals surface area contributed by atoms with Gasteiger partial charge in [-0.15, -0.1) is 0 Å². The van der Waals surface area contributed by atoms with Crippen molar-refractivity contribution in [2.75, 3.05) is 31.1 Å². The van der Waals surface area contributed by atoms with Crippen LogP contribution in [-0.2, 0) is 0 Å². The summed E-state index contributed by atoms with van der Waals surface area (Å²) in [6, 6.07) is 17.0. The van der Waals surface area contributed by atoms with Crippen LogP contribution in [0.5, 0.6) is 0 Å². The predicted molar refractivity (Wildman–Crippen MR) is 126 cm³/mol. The van der Waals surface area contributed by atoms with Gasteiger partial charge >= 0.3 is 0 Å². The first kappa shape index (κ1) is 20.5. The molecule has 1 saturated heterocycles. The Kier molecular flexibility index (Phi) is 5.49. The number of hydrogen-bond donors (Lipinski definition) is 0. The van der Waals surface area contributed by atoms with Crippen molar-refractivity contribution in [3.8, 4) is 5.69 Å². The molecular weight excluding hydrogens is 424 g/mol. The number of aryl methyl sites for hydroxylation is 1. The third-order valence-corrected chi connectivity index (χ3v) is 5.91. The molecule has 3 heterocycles. The van der Waals surface area contributed by atoms with Gasteiger partial charge in [-0.25, -0.2) is 14.6 Å². The highest BCUT2D eigenvalue weighted by Gasteiger charge is 2.23. The molecule has 1 aliphatic rings. The first-order valence-corrected chi connectivity index (χ1v) is 11.1. The van der Waals surface area contributed by atoms with Crippen LogP contribution in [0.4, 0.5) is 5.82 Å². The van der Waals surface area contributed by atoms with Crippen molar-refractivity contribution in [3.63, 3.8) is 0 Å². The highest BCUT2D eigenvalue weighted by molar-refractivity contribution is 6.30. The second-order valence-electron chi connectivity index (χ2n) is 7.87. The van der Waals surface area contributed by atoms with Gasteiger partial charge in [0.2, 0.25) is 0 Å². The molecule has 5 rings (SSSR count). The third-order valence-electron chi connectivity index (χ3n) is 5.68. The van der Waals surface area contributed by atoms with Crippen LogP contribution in [0.25, 0.3) is 16.7 Å². The molecule has 1 aliphatic heterocycles. The molecule has 32 heavy (non-hydrogen) atoms. The lowest BCUT2D eigenvalue weighted by atomic mass is 10.2. The van der Waals surface area contributed by atoms with Gasteiger partial charge < -0.3 is 9.80 Å². The van der Waals surface area contributed by atoms with Crippen LogP contribution in [0.15, 0.2) is 60.8 Å². The van der Waals surface area contributed by atoms with Crippen molar-refractivity contribution in [1.82, 2.24) is 24.6 Å². The number of benzene rings is 2. The monoisotopic (exact) mass is 446 g/mol. The summed E-state index contributed by atoms with van der Waals surface area (Å²) in [6.45, 7) is 4.76. The normalized spacial score (nSPS) is 14.6. The van der Waals surface area contributed by atoms with Gasteiger partial charge in [0.1, 0.15) is 11.6 Å². The number of fused-ring (bicyclic) bond motifs is 1. The molecular formula is C24H23ClN6O.